The summed E-state index contributed by atoms with van der Waals surface area (Å²) in [6.45, 7) is 3.69. The van der Waals surface area contributed by atoms with Crippen molar-refractivity contribution < 1.29 is 13.9 Å². The van der Waals surface area contributed by atoms with Crippen molar-refractivity contribution in [2.75, 3.05) is 53.5 Å². The second-order valence-corrected chi connectivity index (χ2v) is 5.44. The van der Waals surface area contributed by atoms with Crippen LogP contribution in [-0.4, -0.2) is 69.2 Å². The molecule has 0 saturated carbocycles. The van der Waals surface area contributed by atoms with Crippen molar-refractivity contribution in [3.05, 3.63) is 35.6 Å². The predicted molar refractivity (Wildman–Crippen MR) is 97.6 cm³/mol. The molecule has 1 unspecified atom stereocenters. The number of morpholine rings is 1. The molecule has 1 aliphatic rings. The van der Waals surface area contributed by atoms with Gasteiger partial charge in [0.05, 0.1) is 13.2 Å². The van der Waals surface area contributed by atoms with E-state index in [2.05, 4.69) is 5.32 Å². The molecule has 0 spiro atoms. The zero-order chi connectivity index (χ0) is 15.9. The first-order valence-corrected chi connectivity index (χ1v) is 7.61. The number of nitrogens with one attached hydrogen (secondary N) is 1. The highest BCUT2D eigenvalue weighted by Gasteiger charge is 2.32. The molecule has 5 nitrogen and oxygen atoms in total. The number of halogens is 3. The molecule has 1 heterocycles. The summed E-state index contributed by atoms with van der Waals surface area (Å²) in [6, 6.07) is 5.92. The van der Waals surface area contributed by atoms with Gasteiger partial charge in [-0.15, -0.1) is 24.8 Å². The molecule has 1 N–H and O–H groups in total. The van der Waals surface area contributed by atoms with E-state index in [9.17, 15) is 9.18 Å². The van der Waals surface area contributed by atoms with Crippen LogP contribution >= 0.6 is 24.8 Å². The van der Waals surface area contributed by atoms with Crippen LogP contribution in [0.15, 0.2) is 24.3 Å². The van der Waals surface area contributed by atoms with Gasteiger partial charge < -0.3 is 15.0 Å². The van der Waals surface area contributed by atoms with Crippen LogP contribution < -0.4 is 5.32 Å². The lowest BCUT2D eigenvalue weighted by molar-refractivity contribution is -0.137. The first kappa shape index (κ1) is 23.1. The number of benzene rings is 1. The molecule has 1 atom stereocenters. The van der Waals surface area contributed by atoms with E-state index in [1.54, 1.807) is 30.1 Å². The van der Waals surface area contributed by atoms with Gasteiger partial charge in [0.15, 0.2) is 0 Å². The normalized spacial score (nSPS) is 15.8. The van der Waals surface area contributed by atoms with Crippen molar-refractivity contribution in [2.45, 2.75) is 6.04 Å². The first-order chi connectivity index (χ1) is 10.6. The zero-order valence-corrected chi connectivity index (χ0v) is 15.7. The summed E-state index contributed by atoms with van der Waals surface area (Å²) in [7, 11) is 3.60. The molecule has 8 heteroatoms. The smallest absolute Gasteiger partial charge is 0.244 e. The molecule has 1 aliphatic heterocycles. The molecule has 0 bridgehead atoms. The Morgan fingerprint density at radius 1 is 1.33 bits per heavy atom. The van der Waals surface area contributed by atoms with Gasteiger partial charge >= 0.3 is 0 Å². The zero-order valence-electron chi connectivity index (χ0n) is 14.0. The topological polar surface area (TPSA) is 44.8 Å². The maximum Gasteiger partial charge on any atom is 0.244 e. The van der Waals surface area contributed by atoms with Gasteiger partial charge in [0, 0.05) is 38.8 Å². The number of rotatable bonds is 6. The van der Waals surface area contributed by atoms with Gasteiger partial charge in [-0.1, -0.05) is 18.2 Å². The summed E-state index contributed by atoms with van der Waals surface area (Å²) in [5.41, 5.74) is 0.436. The second kappa shape index (κ2) is 11.6. The number of hydrogen-bond donors (Lipinski definition) is 1. The van der Waals surface area contributed by atoms with Crippen molar-refractivity contribution in [3.63, 3.8) is 0 Å². The molecule has 0 aromatic heterocycles. The molecular formula is C16H26Cl2FN3O2. The third kappa shape index (κ3) is 5.86. The fourth-order valence-electron chi connectivity index (χ4n) is 2.62. The lowest BCUT2D eigenvalue weighted by Crippen LogP contribution is -2.47. The summed E-state index contributed by atoms with van der Waals surface area (Å²) in [5, 5.41) is 3.02. The molecule has 1 amide bonds. The van der Waals surface area contributed by atoms with Gasteiger partial charge in [0.2, 0.25) is 5.91 Å². The Labute approximate surface area is 155 Å². The Kier molecular flexibility index (Phi) is 11.2. The summed E-state index contributed by atoms with van der Waals surface area (Å²) in [4.78, 5) is 16.5. The summed E-state index contributed by atoms with van der Waals surface area (Å²) in [6.07, 6.45) is 0. The molecule has 1 saturated heterocycles. The van der Waals surface area contributed by atoms with Gasteiger partial charge in [-0.3, -0.25) is 9.69 Å². The van der Waals surface area contributed by atoms with E-state index >= 15 is 0 Å². The van der Waals surface area contributed by atoms with E-state index in [1.807, 2.05) is 11.9 Å². The number of ether oxygens (including phenoxy) is 1. The van der Waals surface area contributed by atoms with Crippen molar-refractivity contribution in [1.82, 2.24) is 15.1 Å². The molecule has 1 aromatic carbocycles. The summed E-state index contributed by atoms with van der Waals surface area (Å²) < 4.78 is 19.6. The van der Waals surface area contributed by atoms with Crippen molar-refractivity contribution in [3.8, 4) is 0 Å². The molecule has 138 valence electrons. The molecule has 24 heavy (non-hydrogen) atoms. The van der Waals surface area contributed by atoms with E-state index < -0.39 is 6.04 Å². The van der Waals surface area contributed by atoms with Crippen LogP contribution in [0.2, 0.25) is 0 Å². The Morgan fingerprint density at radius 2 is 1.96 bits per heavy atom. The highest BCUT2D eigenvalue weighted by molar-refractivity contribution is 5.85. The van der Waals surface area contributed by atoms with E-state index in [0.717, 1.165) is 0 Å². The average molecular weight is 382 g/mol. The Balaban J connectivity index is 0.00000264. The average Bonchev–Trinajstić information content (AvgIpc) is 2.55. The highest BCUT2D eigenvalue weighted by atomic mass is 35.5. The van der Waals surface area contributed by atoms with Gasteiger partial charge in [-0.2, -0.15) is 0 Å². The van der Waals surface area contributed by atoms with Crippen LogP contribution in [0.4, 0.5) is 4.39 Å². The molecule has 1 fully saturated rings. The molecular weight excluding hydrogens is 356 g/mol. The maximum atomic E-state index is 14.2. The van der Waals surface area contributed by atoms with Crippen LogP contribution in [0, 0.1) is 5.82 Å². The molecule has 1 aromatic rings. The van der Waals surface area contributed by atoms with Crippen LogP contribution in [0.5, 0.6) is 0 Å². The highest BCUT2D eigenvalue weighted by Crippen LogP contribution is 2.26. The van der Waals surface area contributed by atoms with Crippen molar-refractivity contribution in [1.29, 1.82) is 0 Å². The minimum atomic E-state index is -0.591. The monoisotopic (exact) mass is 381 g/mol. The van der Waals surface area contributed by atoms with Crippen LogP contribution in [0.1, 0.15) is 11.6 Å². The van der Waals surface area contributed by atoms with Crippen LogP contribution in [0.25, 0.3) is 0 Å². The Bertz CT molecular complexity index is 502. The van der Waals surface area contributed by atoms with Gasteiger partial charge in [-0.05, 0) is 13.1 Å². The van der Waals surface area contributed by atoms with E-state index in [4.69, 9.17) is 4.74 Å². The van der Waals surface area contributed by atoms with E-state index in [1.165, 1.54) is 6.07 Å². The lowest BCUT2D eigenvalue weighted by atomic mass is 10.0. The molecule has 0 radical (unpaired) electrons. The van der Waals surface area contributed by atoms with E-state index in [-0.39, 0.29) is 36.5 Å². The first-order valence-electron chi connectivity index (χ1n) is 7.61. The number of hydrogen-bond acceptors (Lipinski definition) is 4. The fraction of sp³-hybridized carbons (Fsp3) is 0.562. The van der Waals surface area contributed by atoms with Crippen molar-refractivity contribution in [2.24, 2.45) is 0 Å². The van der Waals surface area contributed by atoms with Gasteiger partial charge in [-0.25, -0.2) is 4.39 Å². The quantitative estimate of drug-likeness (QED) is 0.814. The minimum absolute atomic E-state index is 0. The summed E-state index contributed by atoms with van der Waals surface area (Å²) >= 11 is 0. The van der Waals surface area contributed by atoms with Crippen LogP contribution in [0.3, 0.4) is 0 Å². The predicted octanol–water partition coefficient (Wildman–Crippen LogP) is 1.72. The lowest BCUT2D eigenvalue weighted by Gasteiger charge is -2.36. The largest absolute Gasteiger partial charge is 0.379 e. The van der Waals surface area contributed by atoms with Crippen molar-refractivity contribution >= 4 is 30.7 Å². The Hall–Kier alpha value is -0.920. The number of carbonyl (C=O) groups is 1. The number of amides is 1. The maximum absolute atomic E-state index is 14.2. The minimum Gasteiger partial charge on any atom is -0.379 e. The third-order valence-corrected chi connectivity index (χ3v) is 3.92. The molecule has 2 rings (SSSR count). The number of nitrogens with zero attached hydrogens (tertiary/aromatic N) is 2. The Morgan fingerprint density at radius 3 is 2.54 bits per heavy atom. The number of carbonyl (C=O) groups excluding carboxylic acids is 1. The standard InChI is InChI=1S/C16H24FN3O2.2ClH/c1-18-7-8-19(2)16(21)15(20-9-11-22-12-10-20)13-5-3-4-6-14(13)17;;/h3-6,15,18H,7-12H2,1-2H3;2*1H. The summed E-state index contributed by atoms with van der Waals surface area (Å²) in [5.74, 6) is -0.420. The SMILES string of the molecule is CNCCN(C)C(=O)C(c1ccccc1F)N1CCOCC1.Cl.Cl. The number of likely N-dealkylation sites (N-methyl/N-ethyl adjacent to an activating group) is 2. The fourth-order valence-corrected chi connectivity index (χ4v) is 2.62. The second-order valence-electron chi connectivity index (χ2n) is 5.44. The van der Waals surface area contributed by atoms with E-state index in [0.29, 0.717) is 45.0 Å². The van der Waals surface area contributed by atoms with Crippen LogP contribution in [-0.2, 0) is 9.53 Å². The third-order valence-electron chi connectivity index (χ3n) is 3.92. The van der Waals surface area contributed by atoms with Gasteiger partial charge in [0.25, 0.3) is 0 Å². The van der Waals surface area contributed by atoms with Gasteiger partial charge in [0.1, 0.15) is 11.9 Å². The molecule has 0 aliphatic carbocycles.